The van der Waals surface area contributed by atoms with Crippen molar-refractivity contribution < 1.29 is 9.59 Å². The van der Waals surface area contributed by atoms with E-state index in [4.69, 9.17) is 0 Å². The van der Waals surface area contributed by atoms with Crippen molar-refractivity contribution in [2.75, 3.05) is 0 Å². The molecule has 0 radical (unpaired) electrons. The van der Waals surface area contributed by atoms with E-state index < -0.39 is 0 Å². The first-order valence-corrected chi connectivity index (χ1v) is 6.87. The van der Waals surface area contributed by atoms with Gasteiger partial charge in [-0.2, -0.15) is 0 Å². The molecule has 1 heterocycles. The molecular weight excluding hydrogens is 252 g/mol. The fourth-order valence-electron chi connectivity index (χ4n) is 2.97. The minimum absolute atomic E-state index is 0.00873. The molecule has 1 aliphatic heterocycles. The molecule has 0 fully saturated rings. The Morgan fingerprint density at radius 1 is 1.45 bits per heavy atom. The number of hydrogen-bond donors (Lipinski definition) is 1. The Hall–Kier alpha value is -2.23. The number of aliphatic imine (C=N–C) groups is 1. The minimum atomic E-state index is -0.287. The van der Waals surface area contributed by atoms with E-state index in [-0.39, 0.29) is 17.7 Å². The molecule has 0 saturated carbocycles. The lowest BCUT2D eigenvalue weighted by Gasteiger charge is -2.28. The molecule has 2 aliphatic carbocycles. The molecule has 102 valence electrons. The molecule has 0 saturated heterocycles. The zero-order chi connectivity index (χ0) is 14.1. The van der Waals surface area contributed by atoms with Gasteiger partial charge in [-0.05, 0) is 43.9 Å². The SMILES string of the molecule is C/C=C\C(=O)N=C1C=CC2C(=C1)NC(=O)C1=C2CCC1. The van der Waals surface area contributed by atoms with E-state index in [0.717, 1.165) is 30.5 Å². The number of carbonyl (C=O) groups excluding carboxylic acids is 2. The normalized spacial score (nSPS) is 26.6. The summed E-state index contributed by atoms with van der Waals surface area (Å²) in [5.74, 6) is -0.124. The van der Waals surface area contributed by atoms with Gasteiger partial charge in [0, 0.05) is 23.3 Å². The summed E-state index contributed by atoms with van der Waals surface area (Å²) in [7, 11) is 0. The summed E-state index contributed by atoms with van der Waals surface area (Å²) in [6.45, 7) is 1.78. The topological polar surface area (TPSA) is 58.5 Å². The Morgan fingerprint density at radius 2 is 2.30 bits per heavy atom. The molecule has 0 spiro atoms. The number of rotatable bonds is 1. The highest BCUT2D eigenvalue weighted by atomic mass is 16.2. The predicted molar refractivity (Wildman–Crippen MR) is 77.0 cm³/mol. The summed E-state index contributed by atoms with van der Waals surface area (Å²) in [4.78, 5) is 27.5. The van der Waals surface area contributed by atoms with Crippen LogP contribution in [0.1, 0.15) is 26.2 Å². The zero-order valence-corrected chi connectivity index (χ0v) is 11.3. The molecule has 1 N–H and O–H groups in total. The van der Waals surface area contributed by atoms with Crippen molar-refractivity contribution in [3.05, 3.63) is 47.2 Å². The number of amides is 2. The number of hydrogen-bond acceptors (Lipinski definition) is 2. The first-order chi connectivity index (χ1) is 9.69. The Morgan fingerprint density at radius 3 is 3.10 bits per heavy atom. The van der Waals surface area contributed by atoms with Gasteiger partial charge in [0.15, 0.2) is 0 Å². The molecule has 4 heteroatoms. The lowest BCUT2D eigenvalue weighted by Crippen LogP contribution is -2.35. The van der Waals surface area contributed by atoms with Crippen LogP contribution in [0.15, 0.2) is 52.2 Å². The second kappa shape index (κ2) is 5.04. The van der Waals surface area contributed by atoms with Gasteiger partial charge in [-0.1, -0.05) is 12.2 Å². The van der Waals surface area contributed by atoms with E-state index >= 15 is 0 Å². The summed E-state index contributed by atoms with van der Waals surface area (Å²) < 4.78 is 0. The van der Waals surface area contributed by atoms with Gasteiger partial charge in [-0.3, -0.25) is 9.59 Å². The van der Waals surface area contributed by atoms with E-state index in [9.17, 15) is 9.59 Å². The van der Waals surface area contributed by atoms with Crippen LogP contribution in [0.3, 0.4) is 0 Å². The molecule has 4 nitrogen and oxygen atoms in total. The minimum Gasteiger partial charge on any atom is -0.325 e. The quantitative estimate of drug-likeness (QED) is 0.741. The molecule has 3 rings (SSSR count). The second-order valence-electron chi connectivity index (χ2n) is 5.12. The highest BCUT2D eigenvalue weighted by Gasteiger charge is 2.34. The van der Waals surface area contributed by atoms with E-state index in [1.54, 1.807) is 19.1 Å². The van der Waals surface area contributed by atoms with Crippen LogP contribution in [0, 0.1) is 5.92 Å². The van der Waals surface area contributed by atoms with Gasteiger partial charge in [-0.15, -0.1) is 0 Å². The molecule has 1 unspecified atom stereocenters. The molecule has 1 atom stereocenters. The maximum atomic E-state index is 12.0. The molecule has 0 aromatic heterocycles. The summed E-state index contributed by atoms with van der Waals surface area (Å²) in [5.41, 5.74) is 3.60. The monoisotopic (exact) mass is 268 g/mol. The van der Waals surface area contributed by atoms with Crippen LogP contribution in [0.2, 0.25) is 0 Å². The number of fused-ring (bicyclic) bond motifs is 2. The first kappa shape index (κ1) is 12.8. The van der Waals surface area contributed by atoms with Crippen LogP contribution < -0.4 is 5.32 Å². The summed E-state index contributed by atoms with van der Waals surface area (Å²) in [6.07, 6.45) is 11.7. The Labute approximate surface area is 117 Å². The summed E-state index contributed by atoms with van der Waals surface area (Å²) in [5, 5.41) is 2.93. The second-order valence-corrected chi connectivity index (χ2v) is 5.12. The maximum Gasteiger partial charge on any atom is 0.269 e. The molecular formula is C16H16N2O2. The average molecular weight is 268 g/mol. The number of carbonyl (C=O) groups is 2. The van der Waals surface area contributed by atoms with Crippen molar-refractivity contribution in [2.24, 2.45) is 10.9 Å². The number of allylic oxidation sites excluding steroid dienone is 4. The van der Waals surface area contributed by atoms with Gasteiger partial charge in [0.1, 0.15) is 0 Å². The van der Waals surface area contributed by atoms with E-state index in [1.807, 2.05) is 12.2 Å². The smallest absolute Gasteiger partial charge is 0.269 e. The standard InChI is InChI=1S/C16H16N2O2/c1-2-4-15(19)17-10-7-8-12-11-5-3-6-13(11)16(20)18-14(12)9-10/h2,4,7-9,12H,3,5-6H2,1H3,(H,18,20)/b4-2-,17-10?. The fourth-order valence-corrected chi connectivity index (χ4v) is 2.97. The van der Waals surface area contributed by atoms with E-state index in [1.165, 1.54) is 11.6 Å². The predicted octanol–water partition coefficient (Wildman–Crippen LogP) is 2.21. The lowest BCUT2D eigenvalue weighted by atomic mass is 9.85. The van der Waals surface area contributed by atoms with Gasteiger partial charge in [0.25, 0.3) is 11.8 Å². The van der Waals surface area contributed by atoms with Gasteiger partial charge < -0.3 is 5.32 Å². The molecule has 0 aromatic rings. The Balaban J connectivity index is 1.91. The van der Waals surface area contributed by atoms with Crippen molar-refractivity contribution >= 4 is 17.5 Å². The highest BCUT2D eigenvalue weighted by molar-refractivity contribution is 6.13. The van der Waals surface area contributed by atoms with Gasteiger partial charge in [0.2, 0.25) is 0 Å². The largest absolute Gasteiger partial charge is 0.325 e. The van der Waals surface area contributed by atoms with E-state index in [2.05, 4.69) is 10.3 Å². The van der Waals surface area contributed by atoms with Crippen LogP contribution in [0.5, 0.6) is 0 Å². The molecule has 2 amide bonds. The third-order valence-corrected chi connectivity index (χ3v) is 3.81. The Kier molecular flexibility index (Phi) is 3.22. The summed E-state index contributed by atoms with van der Waals surface area (Å²) in [6, 6.07) is 0. The van der Waals surface area contributed by atoms with Crippen molar-refractivity contribution in [3.8, 4) is 0 Å². The third-order valence-electron chi connectivity index (χ3n) is 3.81. The number of nitrogens with zero attached hydrogens (tertiary/aromatic N) is 1. The van der Waals surface area contributed by atoms with Gasteiger partial charge in [0.05, 0.1) is 5.71 Å². The Bertz CT molecular complexity index is 633. The number of nitrogens with one attached hydrogen (secondary N) is 1. The van der Waals surface area contributed by atoms with Crippen molar-refractivity contribution in [1.82, 2.24) is 5.32 Å². The fraction of sp³-hybridized carbons (Fsp3) is 0.312. The van der Waals surface area contributed by atoms with Crippen molar-refractivity contribution in [3.63, 3.8) is 0 Å². The summed E-state index contributed by atoms with van der Waals surface area (Å²) >= 11 is 0. The molecule has 20 heavy (non-hydrogen) atoms. The average Bonchev–Trinajstić information content (AvgIpc) is 2.89. The van der Waals surface area contributed by atoms with E-state index in [0.29, 0.717) is 5.71 Å². The lowest BCUT2D eigenvalue weighted by molar-refractivity contribution is -0.117. The van der Waals surface area contributed by atoms with Crippen LogP contribution >= 0.6 is 0 Å². The van der Waals surface area contributed by atoms with Gasteiger partial charge in [-0.25, -0.2) is 4.99 Å². The first-order valence-electron chi connectivity index (χ1n) is 6.87. The molecule has 0 aromatic carbocycles. The van der Waals surface area contributed by atoms with Crippen molar-refractivity contribution in [1.29, 1.82) is 0 Å². The highest BCUT2D eigenvalue weighted by Crippen LogP contribution is 2.39. The van der Waals surface area contributed by atoms with Gasteiger partial charge >= 0.3 is 0 Å². The van der Waals surface area contributed by atoms with Crippen LogP contribution in [-0.2, 0) is 9.59 Å². The van der Waals surface area contributed by atoms with Crippen molar-refractivity contribution in [2.45, 2.75) is 26.2 Å². The van der Waals surface area contributed by atoms with Crippen LogP contribution in [0.25, 0.3) is 0 Å². The van der Waals surface area contributed by atoms with Crippen LogP contribution in [-0.4, -0.2) is 17.5 Å². The maximum absolute atomic E-state index is 12.0. The third kappa shape index (κ3) is 2.18. The molecule has 3 aliphatic rings. The van der Waals surface area contributed by atoms with Crippen LogP contribution in [0.4, 0.5) is 0 Å². The molecule has 0 bridgehead atoms. The zero-order valence-electron chi connectivity index (χ0n) is 11.3.